The molecule has 25 heavy (non-hydrogen) atoms. The Labute approximate surface area is 134 Å². The van der Waals surface area contributed by atoms with Gasteiger partial charge in [-0.1, -0.05) is 0 Å². The van der Waals surface area contributed by atoms with Gasteiger partial charge in [-0.15, -0.1) is 0 Å². The van der Waals surface area contributed by atoms with Crippen molar-refractivity contribution in [3.63, 3.8) is 0 Å². The summed E-state index contributed by atoms with van der Waals surface area (Å²) in [5, 5.41) is 9.27. The standard InChI is InChI=1S/C13H8F6N4O2/c14-12(15,16)6-3-7(13(17,18)19)5-8(4-6)20-11(25)21-9-1-2-10(24)23-22-9/h1-5H,(H,23,24)(H2,20,21,22,25). The molecular weight excluding hydrogens is 358 g/mol. The van der Waals surface area contributed by atoms with Crippen LogP contribution in [-0.2, 0) is 12.4 Å². The number of rotatable bonds is 2. The fourth-order valence-corrected chi connectivity index (χ4v) is 1.72. The molecule has 3 N–H and O–H groups in total. The summed E-state index contributed by atoms with van der Waals surface area (Å²) >= 11 is 0. The Bertz CT molecular complexity index is 791. The molecule has 0 aliphatic rings. The SMILES string of the molecule is O=C(Nc1cc(C(F)(F)F)cc(C(F)(F)F)c1)Nc1ccc(=O)[nH]n1. The first-order valence-corrected chi connectivity index (χ1v) is 6.38. The minimum atomic E-state index is -5.03. The second-order valence-electron chi connectivity index (χ2n) is 4.68. The van der Waals surface area contributed by atoms with Crippen LogP contribution in [-0.4, -0.2) is 16.2 Å². The molecule has 0 aliphatic heterocycles. The van der Waals surface area contributed by atoms with Gasteiger partial charge in [0.05, 0.1) is 11.1 Å². The van der Waals surface area contributed by atoms with Crippen LogP contribution >= 0.6 is 0 Å². The van der Waals surface area contributed by atoms with E-state index >= 15 is 0 Å². The summed E-state index contributed by atoms with van der Waals surface area (Å²) in [5.41, 5.74) is -4.43. The highest BCUT2D eigenvalue weighted by molar-refractivity contribution is 5.99. The molecule has 1 aromatic carbocycles. The minimum Gasteiger partial charge on any atom is -0.308 e. The van der Waals surface area contributed by atoms with Crippen LogP contribution in [0.4, 0.5) is 42.6 Å². The molecule has 134 valence electrons. The summed E-state index contributed by atoms with van der Waals surface area (Å²) in [7, 11) is 0. The van der Waals surface area contributed by atoms with Crippen LogP contribution in [0.5, 0.6) is 0 Å². The van der Waals surface area contributed by atoms with Crippen molar-refractivity contribution in [1.82, 2.24) is 10.2 Å². The van der Waals surface area contributed by atoms with E-state index in [4.69, 9.17) is 0 Å². The monoisotopic (exact) mass is 366 g/mol. The number of urea groups is 1. The average Bonchev–Trinajstić information content (AvgIpc) is 2.47. The summed E-state index contributed by atoms with van der Waals surface area (Å²) in [5.74, 6) is -0.167. The third-order valence-corrected chi connectivity index (χ3v) is 2.77. The van der Waals surface area contributed by atoms with Crippen molar-refractivity contribution in [2.45, 2.75) is 12.4 Å². The molecule has 0 fully saturated rings. The van der Waals surface area contributed by atoms with Gasteiger partial charge >= 0.3 is 18.4 Å². The maximum absolute atomic E-state index is 12.7. The number of aromatic nitrogens is 2. The number of hydrogen-bond donors (Lipinski definition) is 3. The van der Waals surface area contributed by atoms with Crippen LogP contribution in [0, 0.1) is 0 Å². The molecule has 12 heteroatoms. The lowest BCUT2D eigenvalue weighted by molar-refractivity contribution is -0.143. The normalized spacial score (nSPS) is 11.9. The first kappa shape index (κ1) is 18.3. The fraction of sp³-hybridized carbons (Fsp3) is 0.154. The maximum Gasteiger partial charge on any atom is 0.416 e. The van der Waals surface area contributed by atoms with Crippen molar-refractivity contribution < 1.29 is 31.1 Å². The van der Waals surface area contributed by atoms with E-state index < -0.39 is 40.8 Å². The first-order chi connectivity index (χ1) is 11.4. The zero-order valence-electron chi connectivity index (χ0n) is 11.9. The number of nitrogens with zero attached hydrogens (tertiary/aromatic N) is 1. The molecule has 0 spiro atoms. The van der Waals surface area contributed by atoms with Gasteiger partial charge in [0.25, 0.3) is 5.56 Å². The number of nitrogens with one attached hydrogen (secondary N) is 3. The third kappa shape index (κ3) is 4.96. The maximum atomic E-state index is 12.7. The van der Waals surface area contributed by atoms with E-state index in [2.05, 4.69) is 5.10 Å². The number of carbonyl (C=O) groups excluding carboxylic acids is 1. The van der Waals surface area contributed by atoms with E-state index in [0.717, 1.165) is 12.1 Å². The Morgan fingerprint density at radius 3 is 1.92 bits per heavy atom. The lowest BCUT2D eigenvalue weighted by Crippen LogP contribution is -2.22. The molecular formula is C13H8F6N4O2. The van der Waals surface area contributed by atoms with E-state index in [1.807, 2.05) is 15.7 Å². The number of halogens is 6. The molecule has 2 rings (SSSR count). The van der Waals surface area contributed by atoms with Gasteiger partial charge in [-0.05, 0) is 24.3 Å². The molecule has 2 aromatic rings. The predicted molar refractivity (Wildman–Crippen MR) is 73.9 cm³/mol. The summed E-state index contributed by atoms with van der Waals surface area (Å²) in [6, 6.07) is 1.60. The number of hydrogen-bond acceptors (Lipinski definition) is 3. The molecule has 0 bridgehead atoms. The Morgan fingerprint density at radius 1 is 0.920 bits per heavy atom. The number of benzene rings is 1. The van der Waals surface area contributed by atoms with Gasteiger partial charge in [-0.3, -0.25) is 10.1 Å². The van der Waals surface area contributed by atoms with Crippen molar-refractivity contribution in [3.8, 4) is 0 Å². The summed E-state index contributed by atoms with van der Waals surface area (Å²) in [6.07, 6.45) is -10.1. The molecule has 0 saturated heterocycles. The lowest BCUT2D eigenvalue weighted by Gasteiger charge is -2.15. The molecule has 1 aromatic heterocycles. The summed E-state index contributed by atoms with van der Waals surface area (Å²) < 4.78 is 76.3. The number of H-pyrrole nitrogens is 1. The van der Waals surface area contributed by atoms with Crippen LogP contribution in [0.25, 0.3) is 0 Å². The fourth-order valence-electron chi connectivity index (χ4n) is 1.72. The number of anilines is 2. The van der Waals surface area contributed by atoms with Gasteiger partial charge in [-0.25, -0.2) is 9.89 Å². The van der Waals surface area contributed by atoms with Crippen molar-refractivity contribution >= 4 is 17.5 Å². The number of aromatic amines is 1. The largest absolute Gasteiger partial charge is 0.416 e. The number of amides is 2. The van der Waals surface area contributed by atoms with Crippen molar-refractivity contribution in [2.75, 3.05) is 10.6 Å². The smallest absolute Gasteiger partial charge is 0.308 e. The van der Waals surface area contributed by atoms with E-state index in [1.54, 1.807) is 0 Å². The van der Waals surface area contributed by atoms with Crippen LogP contribution < -0.4 is 16.2 Å². The van der Waals surface area contributed by atoms with Crippen LogP contribution in [0.15, 0.2) is 35.1 Å². The highest BCUT2D eigenvalue weighted by atomic mass is 19.4. The van der Waals surface area contributed by atoms with E-state index in [1.165, 1.54) is 0 Å². The molecule has 6 nitrogen and oxygen atoms in total. The second-order valence-corrected chi connectivity index (χ2v) is 4.68. The second kappa shape index (κ2) is 6.45. The first-order valence-electron chi connectivity index (χ1n) is 6.38. The molecule has 0 aliphatic carbocycles. The third-order valence-electron chi connectivity index (χ3n) is 2.77. The van der Waals surface area contributed by atoms with E-state index in [9.17, 15) is 35.9 Å². The summed E-state index contributed by atoms with van der Waals surface area (Å²) in [6.45, 7) is 0. The van der Waals surface area contributed by atoms with E-state index in [0.29, 0.717) is 12.1 Å². The Hall–Kier alpha value is -3.05. The number of carbonyl (C=O) groups is 1. The van der Waals surface area contributed by atoms with Crippen molar-refractivity contribution in [3.05, 3.63) is 51.8 Å². The van der Waals surface area contributed by atoms with Gasteiger partial charge in [0.1, 0.15) is 0 Å². The highest BCUT2D eigenvalue weighted by Crippen LogP contribution is 2.37. The zero-order chi connectivity index (χ0) is 18.8. The predicted octanol–water partition coefficient (Wildman–Crippen LogP) is 3.45. The van der Waals surface area contributed by atoms with Crippen molar-refractivity contribution in [1.29, 1.82) is 0 Å². The molecule has 0 radical (unpaired) electrons. The Kier molecular flexibility index (Phi) is 4.72. The van der Waals surface area contributed by atoms with Crippen LogP contribution in [0.3, 0.4) is 0 Å². The Balaban J connectivity index is 2.27. The quantitative estimate of drug-likeness (QED) is 0.712. The highest BCUT2D eigenvalue weighted by Gasteiger charge is 2.37. The van der Waals surface area contributed by atoms with Crippen molar-refractivity contribution in [2.24, 2.45) is 0 Å². The molecule has 0 saturated carbocycles. The van der Waals surface area contributed by atoms with Gasteiger partial charge in [-0.2, -0.15) is 31.4 Å². The van der Waals surface area contributed by atoms with Crippen LogP contribution in [0.1, 0.15) is 11.1 Å². The minimum absolute atomic E-state index is 0.0629. The van der Waals surface area contributed by atoms with Gasteiger partial charge in [0.2, 0.25) is 0 Å². The van der Waals surface area contributed by atoms with Gasteiger partial charge < -0.3 is 5.32 Å². The Morgan fingerprint density at radius 2 is 1.48 bits per heavy atom. The van der Waals surface area contributed by atoms with Gasteiger partial charge in [0, 0.05) is 11.8 Å². The molecule has 2 amide bonds. The molecule has 0 atom stereocenters. The number of alkyl halides is 6. The molecule has 1 heterocycles. The van der Waals surface area contributed by atoms with Gasteiger partial charge in [0.15, 0.2) is 5.82 Å². The van der Waals surface area contributed by atoms with E-state index in [-0.39, 0.29) is 11.9 Å². The zero-order valence-corrected chi connectivity index (χ0v) is 11.9. The van der Waals surface area contributed by atoms with Crippen LogP contribution in [0.2, 0.25) is 0 Å². The molecule has 0 unspecified atom stereocenters. The topological polar surface area (TPSA) is 86.9 Å². The summed E-state index contributed by atoms with van der Waals surface area (Å²) in [4.78, 5) is 22.5. The lowest BCUT2D eigenvalue weighted by atomic mass is 10.1. The average molecular weight is 366 g/mol.